The molecule has 5 aromatic rings. The van der Waals surface area contributed by atoms with Crippen LogP contribution in [0.3, 0.4) is 0 Å². The van der Waals surface area contributed by atoms with Gasteiger partial charge in [0.1, 0.15) is 0 Å². The SMILES string of the molecule is Cc1ccc(C(=O)Nc2cccc(-c3cnc4c(NC(=O)c5ccccc5)cccn34)c2)cc1Cl. The molecule has 2 aromatic heterocycles. The van der Waals surface area contributed by atoms with Crippen LogP contribution in [0, 0.1) is 6.92 Å². The minimum atomic E-state index is -0.242. The summed E-state index contributed by atoms with van der Waals surface area (Å²) in [6.07, 6.45) is 3.63. The van der Waals surface area contributed by atoms with Gasteiger partial charge in [-0.05, 0) is 61.0 Å². The fourth-order valence-corrected chi connectivity index (χ4v) is 3.98. The van der Waals surface area contributed by atoms with Crippen LogP contribution in [0.5, 0.6) is 0 Å². The van der Waals surface area contributed by atoms with Gasteiger partial charge in [0.15, 0.2) is 5.65 Å². The summed E-state index contributed by atoms with van der Waals surface area (Å²) in [6, 6.07) is 25.4. The predicted octanol–water partition coefficient (Wildman–Crippen LogP) is 6.47. The van der Waals surface area contributed by atoms with Gasteiger partial charge < -0.3 is 10.6 Å². The van der Waals surface area contributed by atoms with Crippen molar-refractivity contribution >= 4 is 40.4 Å². The van der Waals surface area contributed by atoms with Crippen molar-refractivity contribution in [2.45, 2.75) is 6.92 Å². The van der Waals surface area contributed by atoms with Crippen molar-refractivity contribution in [1.29, 1.82) is 0 Å². The standard InChI is InChI=1S/C28H21ClN4O2/c1-18-12-13-21(16-23(18)29)28(35)31-22-10-5-9-20(15-22)25-17-30-26-24(11-6-14-33(25)26)32-27(34)19-7-3-2-4-8-19/h2-17H,1H3,(H,31,35)(H,32,34). The summed E-state index contributed by atoms with van der Waals surface area (Å²) >= 11 is 6.17. The second-order valence-corrected chi connectivity index (χ2v) is 8.49. The lowest BCUT2D eigenvalue weighted by molar-refractivity contribution is 0.101. The largest absolute Gasteiger partial charge is 0.322 e. The zero-order valence-corrected chi connectivity index (χ0v) is 19.6. The number of aromatic nitrogens is 2. The Labute approximate surface area is 207 Å². The average Bonchev–Trinajstić information content (AvgIpc) is 3.31. The maximum atomic E-state index is 12.7. The molecule has 0 aliphatic heterocycles. The number of nitrogens with one attached hydrogen (secondary N) is 2. The molecule has 0 radical (unpaired) electrons. The van der Waals surface area contributed by atoms with Crippen molar-refractivity contribution < 1.29 is 9.59 Å². The lowest BCUT2D eigenvalue weighted by Gasteiger charge is -2.10. The minimum absolute atomic E-state index is 0.204. The van der Waals surface area contributed by atoms with E-state index in [1.165, 1.54) is 0 Å². The summed E-state index contributed by atoms with van der Waals surface area (Å²) < 4.78 is 1.90. The van der Waals surface area contributed by atoms with E-state index in [4.69, 9.17) is 11.6 Å². The Morgan fingerprint density at radius 2 is 1.63 bits per heavy atom. The Bertz CT molecular complexity index is 1560. The highest BCUT2D eigenvalue weighted by Crippen LogP contribution is 2.27. The van der Waals surface area contributed by atoms with E-state index in [9.17, 15) is 9.59 Å². The first kappa shape index (κ1) is 22.4. The van der Waals surface area contributed by atoms with Crippen LogP contribution < -0.4 is 10.6 Å². The summed E-state index contributed by atoms with van der Waals surface area (Å²) in [5.41, 5.74) is 5.53. The summed E-state index contributed by atoms with van der Waals surface area (Å²) in [6.45, 7) is 1.89. The normalized spacial score (nSPS) is 10.8. The van der Waals surface area contributed by atoms with Gasteiger partial charge >= 0.3 is 0 Å². The van der Waals surface area contributed by atoms with Gasteiger partial charge in [-0.15, -0.1) is 0 Å². The smallest absolute Gasteiger partial charge is 0.255 e. The summed E-state index contributed by atoms with van der Waals surface area (Å²) in [5, 5.41) is 6.42. The quantitative estimate of drug-likeness (QED) is 0.303. The third kappa shape index (κ3) is 4.65. The van der Waals surface area contributed by atoms with Crippen LogP contribution in [0.15, 0.2) is 97.3 Å². The lowest BCUT2D eigenvalue weighted by Crippen LogP contribution is -2.12. The molecule has 0 aliphatic carbocycles. The minimum Gasteiger partial charge on any atom is -0.322 e. The number of rotatable bonds is 5. The van der Waals surface area contributed by atoms with Crippen LogP contribution >= 0.6 is 11.6 Å². The van der Waals surface area contributed by atoms with Crippen LogP contribution in [0.25, 0.3) is 16.9 Å². The number of halogens is 1. The van der Waals surface area contributed by atoms with Gasteiger partial charge in [0.05, 0.1) is 17.6 Å². The summed E-state index contributed by atoms with van der Waals surface area (Å²) in [7, 11) is 0. The van der Waals surface area contributed by atoms with Crippen LogP contribution in [-0.4, -0.2) is 21.2 Å². The molecule has 2 amide bonds. The van der Waals surface area contributed by atoms with Crippen LogP contribution in [-0.2, 0) is 0 Å². The number of anilines is 2. The molecule has 5 rings (SSSR count). The third-order valence-electron chi connectivity index (χ3n) is 5.67. The number of fused-ring (bicyclic) bond motifs is 1. The van der Waals surface area contributed by atoms with Gasteiger partial charge in [-0.1, -0.05) is 48.0 Å². The Morgan fingerprint density at radius 3 is 2.43 bits per heavy atom. The first-order chi connectivity index (χ1) is 17.0. The Kier molecular flexibility index (Phi) is 6.04. The fraction of sp³-hybridized carbons (Fsp3) is 0.0357. The maximum Gasteiger partial charge on any atom is 0.255 e. The molecule has 0 saturated carbocycles. The number of hydrogen-bond acceptors (Lipinski definition) is 3. The number of hydrogen-bond donors (Lipinski definition) is 2. The van der Waals surface area contributed by atoms with Crippen molar-refractivity contribution in [1.82, 2.24) is 9.38 Å². The maximum absolute atomic E-state index is 12.7. The van der Waals surface area contributed by atoms with Gasteiger partial charge in [0, 0.05) is 33.6 Å². The monoisotopic (exact) mass is 480 g/mol. The topological polar surface area (TPSA) is 75.5 Å². The summed E-state index contributed by atoms with van der Waals surface area (Å²) in [4.78, 5) is 29.9. The Morgan fingerprint density at radius 1 is 0.829 bits per heavy atom. The van der Waals surface area contributed by atoms with Crippen molar-refractivity contribution in [3.63, 3.8) is 0 Å². The highest BCUT2D eigenvalue weighted by atomic mass is 35.5. The van der Waals surface area contributed by atoms with Crippen molar-refractivity contribution in [2.24, 2.45) is 0 Å². The molecule has 2 N–H and O–H groups in total. The molecule has 0 saturated heterocycles. The number of aryl methyl sites for hydroxylation is 1. The van der Waals surface area contributed by atoms with Crippen molar-refractivity contribution in [3.8, 4) is 11.3 Å². The second-order valence-electron chi connectivity index (χ2n) is 8.08. The molecule has 7 heteroatoms. The van der Waals surface area contributed by atoms with E-state index in [1.54, 1.807) is 30.5 Å². The van der Waals surface area contributed by atoms with Crippen LogP contribution in [0.1, 0.15) is 26.3 Å². The van der Waals surface area contributed by atoms with E-state index >= 15 is 0 Å². The molecule has 6 nitrogen and oxygen atoms in total. The van der Waals surface area contributed by atoms with Gasteiger partial charge in [0.2, 0.25) is 0 Å². The number of pyridine rings is 1. The molecular formula is C28H21ClN4O2. The lowest BCUT2D eigenvalue weighted by atomic mass is 10.1. The zero-order chi connectivity index (χ0) is 24.4. The molecule has 3 aromatic carbocycles. The van der Waals surface area contributed by atoms with Gasteiger partial charge in [0.25, 0.3) is 11.8 Å². The zero-order valence-electron chi connectivity index (χ0n) is 18.8. The first-order valence-corrected chi connectivity index (χ1v) is 11.4. The van der Waals surface area contributed by atoms with E-state index in [1.807, 2.05) is 78.2 Å². The van der Waals surface area contributed by atoms with E-state index in [0.717, 1.165) is 16.8 Å². The highest BCUT2D eigenvalue weighted by molar-refractivity contribution is 6.31. The van der Waals surface area contributed by atoms with E-state index in [-0.39, 0.29) is 11.8 Å². The number of imidazole rings is 1. The number of nitrogens with zero attached hydrogens (tertiary/aromatic N) is 2. The Balaban J connectivity index is 1.41. The average molecular weight is 481 g/mol. The molecule has 2 heterocycles. The number of amides is 2. The molecule has 0 fully saturated rings. The van der Waals surface area contributed by atoms with E-state index < -0.39 is 0 Å². The van der Waals surface area contributed by atoms with Gasteiger partial charge in [-0.3, -0.25) is 14.0 Å². The third-order valence-corrected chi connectivity index (χ3v) is 6.08. The fourth-order valence-electron chi connectivity index (χ4n) is 3.80. The van der Waals surface area contributed by atoms with E-state index in [2.05, 4.69) is 15.6 Å². The number of carbonyl (C=O) groups is 2. The summed E-state index contributed by atoms with van der Waals surface area (Å²) in [5.74, 6) is -0.447. The molecule has 0 spiro atoms. The molecule has 35 heavy (non-hydrogen) atoms. The molecule has 172 valence electrons. The number of benzene rings is 3. The van der Waals surface area contributed by atoms with Crippen molar-refractivity contribution in [2.75, 3.05) is 10.6 Å². The number of carbonyl (C=O) groups excluding carboxylic acids is 2. The van der Waals surface area contributed by atoms with Gasteiger partial charge in [-0.2, -0.15) is 0 Å². The van der Waals surface area contributed by atoms with Crippen molar-refractivity contribution in [3.05, 3.63) is 119 Å². The molecule has 0 unspecified atom stereocenters. The molecule has 0 atom stereocenters. The first-order valence-electron chi connectivity index (χ1n) is 11.0. The van der Waals surface area contributed by atoms with Crippen LogP contribution in [0.4, 0.5) is 11.4 Å². The second kappa shape index (κ2) is 9.44. The van der Waals surface area contributed by atoms with E-state index in [0.29, 0.717) is 33.2 Å². The highest BCUT2D eigenvalue weighted by Gasteiger charge is 2.14. The predicted molar refractivity (Wildman–Crippen MR) is 139 cm³/mol. The van der Waals surface area contributed by atoms with Crippen LogP contribution in [0.2, 0.25) is 5.02 Å². The molecular weight excluding hydrogens is 460 g/mol. The molecule has 0 bridgehead atoms. The van der Waals surface area contributed by atoms with Gasteiger partial charge in [-0.25, -0.2) is 4.98 Å². The Hall–Kier alpha value is -4.42. The molecule has 0 aliphatic rings.